The monoisotopic (exact) mass is 227 g/mol. The molecule has 0 aliphatic rings. The van der Waals surface area contributed by atoms with Crippen molar-refractivity contribution in [3.8, 4) is 0 Å². The highest BCUT2D eigenvalue weighted by molar-refractivity contribution is 5.83. The molecule has 0 aromatic heterocycles. The quantitative estimate of drug-likeness (QED) is 0.473. The molecule has 1 N–H and O–H groups in total. The van der Waals surface area contributed by atoms with Gasteiger partial charge in [-0.05, 0) is 12.1 Å². The Balaban J connectivity index is 3.47. The predicted molar refractivity (Wildman–Crippen MR) is 49.8 cm³/mol. The number of nitro benzene ring substituents is 1. The van der Waals surface area contributed by atoms with E-state index < -0.39 is 34.4 Å². The number of hydrogen-bond acceptors (Lipinski definition) is 4. The number of carbonyl (C=O) groups excluding carboxylic acids is 1. The molecule has 84 valence electrons. The number of benzene rings is 1. The second-order valence-electron chi connectivity index (χ2n) is 2.91. The summed E-state index contributed by atoms with van der Waals surface area (Å²) in [4.78, 5) is 30.5. The van der Waals surface area contributed by atoms with Crippen molar-refractivity contribution in [2.24, 2.45) is 0 Å². The molecule has 1 aromatic rings. The van der Waals surface area contributed by atoms with E-state index in [0.717, 1.165) is 12.1 Å². The van der Waals surface area contributed by atoms with Gasteiger partial charge in [0, 0.05) is 5.56 Å². The number of carboxylic acids is 1. The number of carboxylic acid groups (broad SMARTS) is 1. The fraction of sp³-hybridized carbons (Fsp3) is 0.111. The Bertz CT molecular complexity index is 471. The van der Waals surface area contributed by atoms with E-state index in [2.05, 4.69) is 0 Å². The molecule has 1 aromatic carbocycles. The maximum Gasteiger partial charge on any atom is 0.309 e. The molecule has 6 nitrogen and oxygen atoms in total. The van der Waals surface area contributed by atoms with E-state index in [0.29, 0.717) is 0 Å². The second kappa shape index (κ2) is 4.47. The maximum absolute atomic E-state index is 13.1. The summed E-state index contributed by atoms with van der Waals surface area (Å²) in [6.07, 6.45) is -0.521. The molecular formula is C9H6FNO5. The van der Waals surface area contributed by atoms with Gasteiger partial charge in [-0.2, -0.15) is 4.39 Å². The van der Waals surface area contributed by atoms with Crippen LogP contribution in [0.15, 0.2) is 12.1 Å². The largest absolute Gasteiger partial charge is 0.481 e. The number of rotatable bonds is 4. The van der Waals surface area contributed by atoms with E-state index in [9.17, 15) is 24.1 Å². The van der Waals surface area contributed by atoms with Gasteiger partial charge in [0.1, 0.15) is 0 Å². The summed E-state index contributed by atoms with van der Waals surface area (Å²) < 4.78 is 13.1. The summed E-state index contributed by atoms with van der Waals surface area (Å²) in [5.41, 5.74) is -1.59. The lowest BCUT2D eigenvalue weighted by Crippen LogP contribution is -2.08. The van der Waals surface area contributed by atoms with E-state index in [1.807, 2.05) is 0 Å². The van der Waals surface area contributed by atoms with Crippen LogP contribution in [-0.4, -0.2) is 22.3 Å². The van der Waals surface area contributed by atoms with E-state index >= 15 is 0 Å². The van der Waals surface area contributed by atoms with Gasteiger partial charge < -0.3 is 5.11 Å². The van der Waals surface area contributed by atoms with Gasteiger partial charge in [0.15, 0.2) is 6.29 Å². The Morgan fingerprint density at radius 3 is 2.62 bits per heavy atom. The zero-order chi connectivity index (χ0) is 12.3. The van der Waals surface area contributed by atoms with Crippen LogP contribution in [0.1, 0.15) is 15.9 Å². The highest BCUT2D eigenvalue weighted by Crippen LogP contribution is 2.25. The third kappa shape index (κ3) is 2.19. The molecule has 0 saturated heterocycles. The average Bonchev–Trinajstić information content (AvgIpc) is 2.16. The summed E-state index contributed by atoms with van der Waals surface area (Å²) in [5.74, 6) is -2.54. The van der Waals surface area contributed by atoms with Crippen LogP contribution in [0.3, 0.4) is 0 Å². The second-order valence-corrected chi connectivity index (χ2v) is 2.91. The van der Waals surface area contributed by atoms with E-state index in [1.54, 1.807) is 0 Å². The van der Waals surface area contributed by atoms with Crippen LogP contribution < -0.4 is 0 Å². The number of aliphatic carboxylic acids is 1. The van der Waals surface area contributed by atoms with Crippen molar-refractivity contribution in [2.75, 3.05) is 0 Å². The third-order valence-corrected chi connectivity index (χ3v) is 1.91. The van der Waals surface area contributed by atoms with Crippen LogP contribution in [-0.2, 0) is 11.2 Å². The maximum atomic E-state index is 13.1. The minimum atomic E-state index is -1.38. The van der Waals surface area contributed by atoms with Crippen molar-refractivity contribution in [1.29, 1.82) is 0 Å². The van der Waals surface area contributed by atoms with Crippen molar-refractivity contribution in [3.05, 3.63) is 39.2 Å². The lowest BCUT2D eigenvalue weighted by Gasteiger charge is -2.03. The molecule has 0 aliphatic carbocycles. The highest BCUT2D eigenvalue weighted by Gasteiger charge is 2.24. The topological polar surface area (TPSA) is 97.5 Å². The molecule has 0 atom stereocenters. The van der Waals surface area contributed by atoms with Crippen LogP contribution >= 0.6 is 0 Å². The third-order valence-electron chi connectivity index (χ3n) is 1.91. The first-order valence-corrected chi connectivity index (χ1v) is 4.10. The number of nitrogens with zero attached hydrogens (tertiary/aromatic N) is 1. The number of nitro groups is 1. The first-order valence-electron chi connectivity index (χ1n) is 4.10. The molecule has 16 heavy (non-hydrogen) atoms. The van der Waals surface area contributed by atoms with Crippen molar-refractivity contribution in [1.82, 2.24) is 0 Å². The predicted octanol–water partition coefficient (Wildman–Crippen LogP) is 1.17. The lowest BCUT2D eigenvalue weighted by molar-refractivity contribution is -0.388. The number of aldehydes is 1. The van der Waals surface area contributed by atoms with E-state index in [1.165, 1.54) is 0 Å². The van der Waals surface area contributed by atoms with Crippen LogP contribution in [0.2, 0.25) is 0 Å². The van der Waals surface area contributed by atoms with Crippen LogP contribution in [0.4, 0.5) is 10.1 Å². The Morgan fingerprint density at radius 1 is 1.56 bits per heavy atom. The van der Waals surface area contributed by atoms with Gasteiger partial charge in [-0.1, -0.05) is 0 Å². The lowest BCUT2D eigenvalue weighted by atomic mass is 10.0. The Kier molecular flexibility index (Phi) is 3.29. The van der Waals surface area contributed by atoms with Crippen LogP contribution in [0.5, 0.6) is 0 Å². The number of carbonyl (C=O) groups is 2. The van der Waals surface area contributed by atoms with E-state index in [-0.39, 0.29) is 11.8 Å². The average molecular weight is 227 g/mol. The zero-order valence-electron chi connectivity index (χ0n) is 7.84. The number of halogens is 1. The van der Waals surface area contributed by atoms with Crippen molar-refractivity contribution in [2.45, 2.75) is 6.42 Å². The minimum Gasteiger partial charge on any atom is -0.481 e. The van der Waals surface area contributed by atoms with Crippen molar-refractivity contribution >= 4 is 17.9 Å². The minimum absolute atomic E-state index is 0.199. The molecule has 0 amide bonds. The summed E-state index contributed by atoms with van der Waals surface area (Å²) in [6.45, 7) is 0. The van der Waals surface area contributed by atoms with Gasteiger partial charge in [0.05, 0.1) is 16.9 Å². The fourth-order valence-corrected chi connectivity index (χ4v) is 1.27. The Morgan fingerprint density at radius 2 is 2.19 bits per heavy atom. The molecule has 0 spiro atoms. The molecular weight excluding hydrogens is 221 g/mol. The van der Waals surface area contributed by atoms with Crippen LogP contribution in [0, 0.1) is 15.9 Å². The molecule has 0 fully saturated rings. The zero-order valence-corrected chi connectivity index (χ0v) is 7.84. The first kappa shape index (κ1) is 11.8. The van der Waals surface area contributed by atoms with Gasteiger partial charge in [-0.3, -0.25) is 19.7 Å². The SMILES string of the molecule is O=Cc1ccc(F)c([N+](=O)[O-])c1CC(=O)O. The van der Waals surface area contributed by atoms with Gasteiger partial charge in [0.25, 0.3) is 0 Å². The fourth-order valence-electron chi connectivity index (χ4n) is 1.27. The van der Waals surface area contributed by atoms with Gasteiger partial charge in [0.2, 0.25) is 5.82 Å². The standard InChI is InChI=1S/C9H6FNO5/c10-7-2-1-5(4-12)6(3-8(13)14)9(7)11(15)16/h1-2,4H,3H2,(H,13,14). The number of hydrogen-bond donors (Lipinski definition) is 1. The molecule has 1 rings (SSSR count). The van der Waals surface area contributed by atoms with Gasteiger partial charge in [-0.25, -0.2) is 0 Å². The molecule has 0 heterocycles. The molecule has 0 unspecified atom stereocenters. The molecule has 7 heteroatoms. The Labute approximate surface area is 88.5 Å². The summed E-state index contributed by atoms with van der Waals surface area (Å²) in [5, 5.41) is 19.1. The molecule has 0 saturated carbocycles. The van der Waals surface area contributed by atoms with Crippen molar-refractivity contribution in [3.63, 3.8) is 0 Å². The van der Waals surface area contributed by atoms with Crippen LogP contribution in [0.25, 0.3) is 0 Å². The van der Waals surface area contributed by atoms with Gasteiger partial charge in [-0.15, -0.1) is 0 Å². The molecule has 0 aliphatic heterocycles. The summed E-state index contributed by atoms with van der Waals surface area (Å²) in [6, 6.07) is 1.76. The summed E-state index contributed by atoms with van der Waals surface area (Å²) >= 11 is 0. The first-order chi connectivity index (χ1) is 7.47. The van der Waals surface area contributed by atoms with E-state index in [4.69, 9.17) is 5.11 Å². The van der Waals surface area contributed by atoms with Gasteiger partial charge >= 0.3 is 11.7 Å². The summed E-state index contributed by atoms with van der Waals surface area (Å²) in [7, 11) is 0. The molecule has 0 radical (unpaired) electrons. The smallest absolute Gasteiger partial charge is 0.309 e. The normalized spacial score (nSPS) is 9.81. The Hall–Kier alpha value is -2.31. The molecule has 0 bridgehead atoms. The highest BCUT2D eigenvalue weighted by atomic mass is 19.1. The van der Waals surface area contributed by atoms with Crippen molar-refractivity contribution < 1.29 is 24.0 Å².